The summed E-state index contributed by atoms with van der Waals surface area (Å²) in [4.78, 5) is 4.08. The number of rotatable bonds is 3. The highest BCUT2D eigenvalue weighted by atomic mass is 32.2. The van der Waals surface area contributed by atoms with Crippen molar-refractivity contribution in [3.8, 4) is 0 Å². The molecule has 2 aromatic heterocycles. The fourth-order valence-corrected chi connectivity index (χ4v) is 3.76. The lowest BCUT2D eigenvalue weighted by molar-refractivity contribution is -0.0445. The molecule has 0 fully saturated rings. The van der Waals surface area contributed by atoms with Crippen LogP contribution in [0.1, 0.15) is 11.5 Å². The molecule has 0 aliphatic carbocycles. The molecule has 0 unspecified atom stereocenters. The first kappa shape index (κ1) is 16.6. The Labute approximate surface area is 144 Å². The van der Waals surface area contributed by atoms with E-state index in [-0.39, 0.29) is 27.3 Å². The van der Waals surface area contributed by atoms with E-state index in [0.717, 1.165) is 0 Å². The van der Waals surface area contributed by atoms with Crippen LogP contribution in [-0.4, -0.2) is 28.0 Å². The summed E-state index contributed by atoms with van der Waals surface area (Å²) >= 11 is 0. The topological polar surface area (TPSA) is 78.0 Å². The van der Waals surface area contributed by atoms with Gasteiger partial charge in [0, 0.05) is 5.39 Å². The highest BCUT2D eigenvalue weighted by Gasteiger charge is 2.49. The average Bonchev–Trinajstić information content (AvgIpc) is 3.15. The normalized spacial score (nSPS) is 12.9. The maximum absolute atomic E-state index is 13.2. The molecule has 0 atom stereocenters. The third-order valence-electron chi connectivity index (χ3n) is 3.90. The lowest BCUT2D eigenvalue weighted by atomic mass is 10.2. The van der Waals surface area contributed by atoms with Crippen LogP contribution in [0.4, 0.5) is 13.2 Å². The van der Waals surface area contributed by atoms with E-state index in [2.05, 4.69) is 10.1 Å². The number of hydrogen-bond acceptors (Lipinski definition) is 5. The molecular formula is C16H10F3N3O3S. The standard InChI is InChI=1S/C16H10F3N3O3S/c17-16(18,19)26(23,24)22-13-7-3-2-6-11(13)20-15(22)9-12-10-5-1-4-8-14(10)25-21-12/h1-8H,9H2. The summed E-state index contributed by atoms with van der Waals surface area (Å²) in [5.74, 6) is -0.289. The molecule has 26 heavy (non-hydrogen) atoms. The molecule has 0 saturated heterocycles. The first-order valence-electron chi connectivity index (χ1n) is 7.40. The number of para-hydroxylation sites is 3. The van der Waals surface area contributed by atoms with Crippen molar-refractivity contribution in [3.63, 3.8) is 0 Å². The van der Waals surface area contributed by atoms with Gasteiger partial charge >= 0.3 is 15.5 Å². The van der Waals surface area contributed by atoms with Gasteiger partial charge in [-0.3, -0.25) is 0 Å². The number of imidazole rings is 1. The van der Waals surface area contributed by atoms with Crippen molar-refractivity contribution >= 4 is 32.0 Å². The molecule has 0 N–H and O–H groups in total. The minimum absolute atomic E-state index is 0.142. The van der Waals surface area contributed by atoms with E-state index < -0.39 is 15.5 Å². The monoisotopic (exact) mass is 381 g/mol. The average molecular weight is 381 g/mol. The summed E-state index contributed by atoms with van der Waals surface area (Å²) < 4.78 is 69.0. The Morgan fingerprint density at radius 1 is 1.04 bits per heavy atom. The first-order valence-corrected chi connectivity index (χ1v) is 8.84. The van der Waals surface area contributed by atoms with E-state index in [1.165, 1.54) is 18.2 Å². The van der Waals surface area contributed by atoms with Gasteiger partial charge in [0.1, 0.15) is 5.82 Å². The lowest BCUT2D eigenvalue weighted by Gasteiger charge is -2.12. The molecule has 4 aromatic rings. The lowest BCUT2D eigenvalue weighted by Crippen LogP contribution is -2.31. The molecule has 0 spiro atoms. The highest BCUT2D eigenvalue weighted by molar-refractivity contribution is 7.91. The van der Waals surface area contributed by atoms with Crippen molar-refractivity contribution in [1.29, 1.82) is 0 Å². The van der Waals surface area contributed by atoms with Gasteiger partial charge in [-0.1, -0.05) is 29.4 Å². The molecule has 0 aliphatic heterocycles. The molecule has 2 aromatic carbocycles. The van der Waals surface area contributed by atoms with Crippen LogP contribution in [0, 0.1) is 0 Å². The van der Waals surface area contributed by atoms with Crippen LogP contribution >= 0.6 is 0 Å². The van der Waals surface area contributed by atoms with Crippen LogP contribution in [-0.2, 0) is 16.4 Å². The van der Waals surface area contributed by atoms with Crippen LogP contribution in [0.3, 0.4) is 0 Å². The SMILES string of the molecule is O=S(=O)(n1c(Cc2noc3ccccc23)nc2ccccc21)C(F)(F)F. The largest absolute Gasteiger partial charge is 0.517 e. The summed E-state index contributed by atoms with van der Waals surface area (Å²) in [6, 6.07) is 12.5. The van der Waals surface area contributed by atoms with Crippen molar-refractivity contribution in [2.75, 3.05) is 0 Å². The zero-order chi connectivity index (χ0) is 18.5. The third-order valence-corrected chi connectivity index (χ3v) is 5.37. The molecule has 0 radical (unpaired) electrons. The predicted octanol–water partition coefficient (Wildman–Crippen LogP) is 3.47. The summed E-state index contributed by atoms with van der Waals surface area (Å²) in [5, 5.41) is 4.42. The molecule has 0 amide bonds. The van der Waals surface area contributed by atoms with E-state index in [1.54, 1.807) is 30.3 Å². The maximum Gasteiger partial charge on any atom is 0.517 e. The van der Waals surface area contributed by atoms with Crippen LogP contribution in [0.2, 0.25) is 0 Å². The molecule has 134 valence electrons. The van der Waals surface area contributed by atoms with Gasteiger partial charge in [-0.25, -0.2) is 8.96 Å². The molecule has 0 saturated carbocycles. The van der Waals surface area contributed by atoms with Gasteiger partial charge in [-0.15, -0.1) is 0 Å². The van der Waals surface area contributed by atoms with Crippen LogP contribution < -0.4 is 0 Å². The zero-order valence-corrected chi connectivity index (χ0v) is 13.8. The number of alkyl halides is 3. The number of fused-ring (bicyclic) bond motifs is 2. The summed E-state index contributed by atoms with van der Waals surface area (Å²) in [6.07, 6.45) is -0.235. The molecule has 4 rings (SSSR count). The molecule has 2 heterocycles. The summed E-state index contributed by atoms with van der Waals surface area (Å²) in [7, 11) is -5.65. The van der Waals surface area contributed by atoms with Gasteiger partial charge in [0.05, 0.1) is 23.1 Å². The minimum Gasteiger partial charge on any atom is -0.356 e. The number of hydrogen-bond donors (Lipinski definition) is 0. The van der Waals surface area contributed by atoms with Crippen molar-refractivity contribution in [2.45, 2.75) is 11.9 Å². The van der Waals surface area contributed by atoms with Crippen LogP contribution in [0.15, 0.2) is 53.1 Å². The first-order chi connectivity index (χ1) is 12.3. The minimum atomic E-state index is -5.65. The van der Waals surface area contributed by atoms with Crippen LogP contribution in [0.5, 0.6) is 0 Å². The quantitative estimate of drug-likeness (QED) is 0.543. The smallest absolute Gasteiger partial charge is 0.356 e. The van der Waals surface area contributed by atoms with Crippen molar-refractivity contribution in [3.05, 3.63) is 60.0 Å². The van der Waals surface area contributed by atoms with E-state index >= 15 is 0 Å². The molecular weight excluding hydrogens is 371 g/mol. The van der Waals surface area contributed by atoms with E-state index in [1.807, 2.05) is 0 Å². The molecule has 0 aliphatic rings. The fourth-order valence-electron chi connectivity index (χ4n) is 2.75. The number of aromatic nitrogens is 3. The molecule has 6 nitrogen and oxygen atoms in total. The zero-order valence-electron chi connectivity index (χ0n) is 12.9. The second kappa shape index (κ2) is 5.56. The Morgan fingerprint density at radius 2 is 1.73 bits per heavy atom. The number of nitrogens with zero attached hydrogens (tertiary/aromatic N) is 3. The second-order valence-electron chi connectivity index (χ2n) is 5.53. The Bertz CT molecular complexity index is 1230. The van der Waals surface area contributed by atoms with Crippen LogP contribution in [0.25, 0.3) is 22.0 Å². The second-order valence-corrected chi connectivity index (χ2v) is 7.31. The van der Waals surface area contributed by atoms with Gasteiger partial charge in [0.25, 0.3) is 0 Å². The Kier molecular flexibility index (Phi) is 3.55. The van der Waals surface area contributed by atoms with Gasteiger partial charge in [0.2, 0.25) is 0 Å². The van der Waals surface area contributed by atoms with E-state index in [9.17, 15) is 21.6 Å². The van der Waals surface area contributed by atoms with Gasteiger partial charge < -0.3 is 4.52 Å². The third kappa shape index (κ3) is 2.45. The Hall–Kier alpha value is -2.88. The van der Waals surface area contributed by atoms with Crippen molar-refractivity contribution in [2.24, 2.45) is 0 Å². The summed E-state index contributed by atoms with van der Waals surface area (Å²) in [6.45, 7) is 0. The van der Waals surface area contributed by atoms with E-state index in [4.69, 9.17) is 4.52 Å². The fraction of sp³-hybridized carbons (Fsp3) is 0.125. The Morgan fingerprint density at radius 3 is 2.50 bits per heavy atom. The van der Waals surface area contributed by atoms with Gasteiger partial charge in [0.15, 0.2) is 5.58 Å². The van der Waals surface area contributed by atoms with Crippen molar-refractivity contribution < 1.29 is 26.1 Å². The van der Waals surface area contributed by atoms with Gasteiger partial charge in [-0.2, -0.15) is 21.6 Å². The molecule has 10 heteroatoms. The number of benzene rings is 2. The summed E-state index contributed by atoms with van der Waals surface area (Å²) in [5.41, 5.74) is -4.72. The predicted molar refractivity (Wildman–Crippen MR) is 86.9 cm³/mol. The Balaban J connectivity index is 1.94. The van der Waals surface area contributed by atoms with Gasteiger partial charge in [-0.05, 0) is 24.3 Å². The van der Waals surface area contributed by atoms with E-state index in [0.29, 0.717) is 16.7 Å². The van der Waals surface area contributed by atoms with Crippen molar-refractivity contribution in [1.82, 2.24) is 14.1 Å². The number of halogens is 3. The molecule has 0 bridgehead atoms. The highest BCUT2D eigenvalue weighted by Crippen LogP contribution is 2.31. The maximum atomic E-state index is 13.2.